The molecule has 4 nitrogen and oxygen atoms in total. The molecule has 1 aromatic carbocycles. The standard InChI is InChI=1S/C17H27N3O/c1-3-16(4-2)20-11-10-15(13-20)19-17(21)18-12-14-8-6-5-7-9-14/h5-9,15-16H,3-4,10-13H2,1-2H3,(H2,18,19,21). The Kier molecular flexibility index (Phi) is 6.05. The van der Waals surface area contributed by atoms with Gasteiger partial charge in [-0.2, -0.15) is 0 Å². The monoisotopic (exact) mass is 289 g/mol. The second-order valence-electron chi connectivity index (χ2n) is 5.76. The van der Waals surface area contributed by atoms with Crippen molar-refractivity contribution >= 4 is 6.03 Å². The molecule has 1 heterocycles. The van der Waals surface area contributed by atoms with Gasteiger partial charge in [0.25, 0.3) is 0 Å². The molecule has 1 aliphatic rings. The number of hydrogen-bond donors (Lipinski definition) is 2. The van der Waals surface area contributed by atoms with E-state index in [-0.39, 0.29) is 12.1 Å². The summed E-state index contributed by atoms with van der Waals surface area (Å²) in [7, 11) is 0. The number of benzene rings is 1. The van der Waals surface area contributed by atoms with Crippen LogP contribution in [0.2, 0.25) is 0 Å². The summed E-state index contributed by atoms with van der Waals surface area (Å²) in [6.45, 7) is 7.12. The Labute approximate surface area is 127 Å². The highest BCUT2D eigenvalue weighted by molar-refractivity contribution is 5.74. The van der Waals surface area contributed by atoms with Crippen LogP contribution in [0.5, 0.6) is 0 Å². The first-order valence-electron chi connectivity index (χ1n) is 8.05. The molecule has 1 unspecified atom stereocenters. The fraction of sp³-hybridized carbons (Fsp3) is 0.588. The van der Waals surface area contributed by atoms with Gasteiger partial charge in [0.1, 0.15) is 0 Å². The van der Waals surface area contributed by atoms with Crippen LogP contribution in [-0.4, -0.2) is 36.1 Å². The van der Waals surface area contributed by atoms with Gasteiger partial charge in [-0.15, -0.1) is 0 Å². The molecule has 0 aliphatic carbocycles. The van der Waals surface area contributed by atoms with Crippen LogP contribution < -0.4 is 10.6 Å². The third-order valence-electron chi connectivity index (χ3n) is 4.31. The number of carbonyl (C=O) groups is 1. The summed E-state index contributed by atoms with van der Waals surface area (Å²) in [5.41, 5.74) is 1.12. The molecule has 0 spiro atoms. The number of nitrogens with one attached hydrogen (secondary N) is 2. The van der Waals surface area contributed by atoms with Crippen molar-refractivity contribution in [1.82, 2.24) is 15.5 Å². The second-order valence-corrected chi connectivity index (χ2v) is 5.76. The maximum atomic E-state index is 11.9. The predicted octanol–water partition coefficient (Wildman–Crippen LogP) is 2.75. The lowest BCUT2D eigenvalue weighted by Gasteiger charge is -2.25. The number of urea groups is 1. The number of likely N-dealkylation sites (tertiary alicyclic amines) is 1. The Morgan fingerprint density at radius 2 is 2.00 bits per heavy atom. The van der Waals surface area contributed by atoms with Crippen molar-refractivity contribution in [2.75, 3.05) is 13.1 Å². The summed E-state index contributed by atoms with van der Waals surface area (Å²) in [6, 6.07) is 10.9. The minimum absolute atomic E-state index is 0.0600. The molecule has 1 fully saturated rings. The van der Waals surface area contributed by atoms with Crippen LogP contribution in [-0.2, 0) is 6.54 Å². The summed E-state index contributed by atoms with van der Waals surface area (Å²) in [4.78, 5) is 14.4. The van der Waals surface area contributed by atoms with Crippen molar-refractivity contribution in [2.45, 2.75) is 51.7 Å². The molecular formula is C17H27N3O. The quantitative estimate of drug-likeness (QED) is 0.846. The Morgan fingerprint density at radius 3 is 2.67 bits per heavy atom. The van der Waals surface area contributed by atoms with E-state index in [9.17, 15) is 4.79 Å². The van der Waals surface area contributed by atoms with E-state index in [0.29, 0.717) is 12.6 Å². The summed E-state index contributed by atoms with van der Waals surface area (Å²) in [5.74, 6) is 0. The van der Waals surface area contributed by atoms with Crippen molar-refractivity contribution < 1.29 is 4.79 Å². The van der Waals surface area contributed by atoms with Crippen molar-refractivity contribution in [3.8, 4) is 0 Å². The largest absolute Gasteiger partial charge is 0.334 e. The fourth-order valence-electron chi connectivity index (χ4n) is 3.06. The highest BCUT2D eigenvalue weighted by atomic mass is 16.2. The summed E-state index contributed by atoms with van der Waals surface area (Å²) in [5, 5.41) is 6.02. The zero-order valence-electron chi connectivity index (χ0n) is 13.1. The molecule has 1 aromatic rings. The van der Waals surface area contributed by atoms with Gasteiger partial charge in [-0.25, -0.2) is 4.79 Å². The Bertz CT molecular complexity index is 431. The van der Waals surface area contributed by atoms with E-state index in [4.69, 9.17) is 0 Å². The molecule has 0 aromatic heterocycles. The Morgan fingerprint density at radius 1 is 1.29 bits per heavy atom. The maximum Gasteiger partial charge on any atom is 0.315 e. The summed E-state index contributed by atoms with van der Waals surface area (Å²) < 4.78 is 0. The molecule has 21 heavy (non-hydrogen) atoms. The molecule has 0 radical (unpaired) electrons. The van der Waals surface area contributed by atoms with Crippen LogP contribution in [0.4, 0.5) is 4.79 Å². The fourth-order valence-corrected chi connectivity index (χ4v) is 3.06. The Hall–Kier alpha value is -1.55. The van der Waals surface area contributed by atoms with Gasteiger partial charge in [0.2, 0.25) is 0 Å². The van der Waals surface area contributed by atoms with Gasteiger partial charge in [0, 0.05) is 31.7 Å². The normalized spacial score (nSPS) is 18.9. The first-order chi connectivity index (χ1) is 10.2. The lowest BCUT2D eigenvalue weighted by molar-refractivity contribution is 0.219. The van der Waals surface area contributed by atoms with E-state index in [1.54, 1.807) is 0 Å². The summed E-state index contributed by atoms with van der Waals surface area (Å²) in [6.07, 6.45) is 3.42. The van der Waals surface area contributed by atoms with E-state index in [1.807, 2.05) is 30.3 Å². The van der Waals surface area contributed by atoms with Gasteiger partial charge >= 0.3 is 6.03 Å². The molecule has 2 rings (SSSR count). The molecule has 2 amide bonds. The number of hydrogen-bond acceptors (Lipinski definition) is 2. The highest BCUT2D eigenvalue weighted by Gasteiger charge is 2.27. The van der Waals surface area contributed by atoms with Crippen LogP contribution in [0.1, 0.15) is 38.7 Å². The van der Waals surface area contributed by atoms with Crippen molar-refractivity contribution in [1.29, 1.82) is 0 Å². The summed E-state index contributed by atoms with van der Waals surface area (Å²) >= 11 is 0. The van der Waals surface area contributed by atoms with Crippen molar-refractivity contribution in [3.63, 3.8) is 0 Å². The first kappa shape index (κ1) is 15.8. The number of amides is 2. The van der Waals surface area contributed by atoms with Gasteiger partial charge in [-0.1, -0.05) is 44.2 Å². The van der Waals surface area contributed by atoms with Crippen LogP contribution in [0.3, 0.4) is 0 Å². The van der Waals surface area contributed by atoms with Gasteiger partial charge in [-0.3, -0.25) is 4.90 Å². The van der Waals surface area contributed by atoms with Crippen LogP contribution in [0, 0.1) is 0 Å². The average molecular weight is 289 g/mol. The number of carbonyl (C=O) groups excluding carboxylic acids is 1. The molecule has 0 saturated carbocycles. The highest BCUT2D eigenvalue weighted by Crippen LogP contribution is 2.16. The molecule has 4 heteroatoms. The third-order valence-corrected chi connectivity index (χ3v) is 4.31. The minimum atomic E-state index is -0.0600. The predicted molar refractivity (Wildman–Crippen MR) is 86.2 cm³/mol. The van der Waals surface area contributed by atoms with Gasteiger partial charge in [-0.05, 0) is 24.8 Å². The van der Waals surface area contributed by atoms with Crippen molar-refractivity contribution in [3.05, 3.63) is 35.9 Å². The van der Waals surface area contributed by atoms with Crippen molar-refractivity contribution in [2.24, 2.45) is 0 Å². The molecule has 116 valence electrons. The van der Waals surface area contributed by atoms with E-state index in [0.717, 1.165) is 25.1 Å². The molecule has 1 atom stereocenters. The van der Waals surface area contributed by atoms with Crippen LogP contribution in [0.15, 0.2) is 30.3 Å². The van der Waals surface area contributed by atoms with Crippen LogP contribution >= 0.6 is 0 Å². The lowest BCUT2D eigenvalue weighted by Crippen LogP contribution is -2.44. The first-order valence-corrected chi connectivity index (χ1v) is 8.05. The van der Waals surface area contributed by atoms with E-state index in [2.05, 4.69) is 29.4 Å². The lowest BCUT2D eigenvalue weighted by atomic mass is 10.1. The van der Waals surface area contributed by atoms with E-state index >= 15 is 0 Å². The van der Waals surface area contributed by atoms with Gasteiger partial charge in [0.05, 0.1) is 0 Å². The minimum Gasteiger partial charge on any atom is -0.334 e. The molecule has 1 aliphatic heterocycles. The van der Waals surface area contributed by atoms with Crippen LogP contribution in [0.25, 0.3) is 0 Å². The second kappa shape index (κ2) is 8.03. The number of rotatable bonds is 6. The molecule has 1 saturated heterocycles. The smallest absolute Gasteiger partial charge is 0.315 e. The van der Waals surface area contributed by atoms with E-state index < -0.39 is 0 Å². The number of nitrogens with zero attached hydrogens (tertiary/aromatic N) is 1. The SMILES string of the molecule is CCC(CC)N1CCC(NC(=O)NCc2ccccc2)C1. The Balaban J connectivity index is 1.71. The molecule has 0 bridgehead atoms. The zero-order valence-corrected chi connectivity index (χ0v) is 13.1. The zero-order chi connectivity index (χ0) is 15.1. The maximum absolute atomic E-state index is 11.9. The third kappa shape index (κ3) is 4.74. The molecule has 2 N–H and O–H groups in total. The van der Waals surface area contributed by atoms with E-state index in [1.165, 1.54) is 12.8 Å². The topological polar surface area (TPSA) is 44.4 Å². The molecular weight excluding hydrogens is 262 g/mol. The van der Waals surface area contributed by atoms with Gasteiger partial charge < -0.3 is 10.6 Å². The average Bonchev–Trinajstić information content (AvgIpc) is 2.96. The van der Waals surface area contributed by atoms with Gasteiger partial charge in [0.15, 0.2) is 0 Å².